The van der Waals surface area contributed by atoms with Crippen molar-refractivity contribution >= 4 is 29.1 Å². The van der Waals surface area contributed by atoms with Crippen molar-refractivity contribution in [2.24, 2.45) is 0 Å². The molecule has 1 amide bonds. The van der Waals surface area contributed by atoms with E-state index in [1.165, 1.54) is 0 Å². The van der Waals surface area contributed by atoms with Crippen LogP contribution < -0.4 is 5.32 Å². The van der Waals surface area contributed by atoms with Crippen LogP contribution in [0.2, 0.25) is 10.0 Å². The molecule has 0 bridgehead atoms. The number of halogens is 2. The first-order valence-corrected chi connectivity index (χ1v) is 7.10. The smallest absolute Gasteiger partial charge is 0.252 e. The summed E-state index contributed by atoms with van der Waals surface area (Å²) in [6, 6.07) is 13.0. The summed E-state index contributed by atoms with van der Waals surface area (Å²) in [7, 11) is 0. The van der Waals surface area contributed by atoms with Gasteiger partial charge in [0.05, 0.1) is 10.6 Å². The monoisotopic (exact) mass is 307 g/mol. The Bertz CT molecular complexity index is 608. The van der Waals surface area contributed by atoms with Gasteiger partial charge in [-0.15, -0.1) is 0 Å². The number of benzene rings is 2. The van der Waals surface area contributed by atoms with Crippen LogP contribution in [0.25, 0.3) is 0 Å². The standard InChI is InChI=1S/C16H15Cl2NO/c1-11-2-7-14(15(18)10-11)16(20)19-9-8-12-3-5-13(17)6-4-12/h2-7,10H,8-9H2,1H3,(H,19,20). The maximum absolute atomic E-state index is 12.0. The van der Waals surface area contributed by atoms with E-state index in [9.17, 15) is 4.79 Å². The van der Waals surface area contributed by atoms with Gasteiger partial charge >= 0.3 is 0 Å². The highest BCUT2D eigenvalue weighted by molar-refractivity contribution is 6.33. The number of carbonyl (C=O) groups is 1. The van der Waals surface area contributed by atoms with E-state index in [0.29, 0.717) is 22.2 Å². The van der Waals surface area contributed by atoms with Gasteiger partial charge in [0.2, 0.25) is 0 Å². The van der Waals surface area contributed by atoms with Gasteiger partial charge in [-0.2, -0.15) is 0 Å². The van der Waals surface area contributed by atoms with Crippen molar-refractivity contribution in [1.29, 1.82) is 0 Å². The molecule has 0 saturated heterocycles. The fraction of sp³-hybridized carbons (Fsp3) is 0.188. The number of amides is 1. The number of carbonyl (C=O) groups excluding carboxylic acids is 1. The van der Waals surface area contributed by atoms with E-state index in [4.69, 9.17) is 23.2 Å². The van der Waals surface area contributed by atoms with Crippen molar-refractivity contribution in [1.82, 2.24) is 5.32 Å². The van der Waals surface area contributed by atoms with E-state index in [2.05, 4.69) is 5.32 Å². The summed E-state index contributed by atoms with van der Waals surface area (Å²) in [5, 5.41) is 4.06. The number of aryl methyl sites for hydroxylation is 1. The van der Waals surface area contributed by atoms with Crippen molar-refractivity contribution in [2.45, 2.75) is 13.3 Å². The van der Waals surface area contributed by atoms with Crippen molar-refractivity contribution in [3.05, 3.63) is 69.2 Å². The second kappa shape index (κ2) is 6.78. The number of rotatable bonds is 4. The third kappa shape index (κ3) is 3.99. The van der Waals surface area contributed by atoms with E-state index in [-0.39, 0.29) is 5.91 Å². The molecule has 0 aliphatic rings. The van der Waals surface area contributed by atoms with Gasteiger partial charge < -0.3 is 5.32 Å². The van der Waals surface area contributed by atoms with Gasteiger partial charge in [-0.25, -0.2) is 0 Å². The van der Waals surface area contributed by atoms with E-state index < -0.39 is 0 Å². The molecule has 0 aliphatic carbocycles. The Balaban J connectivity index is 1.90. The summed E-state index contributed by atoms with van der Waals surface area (Å²) < 4.78 is 0. The predicted molar refractivity (Wildman–Crippen MR) is 83.7 cm³/mol. The fourth-order valence-electron chi connectivity index (χ4n) is 1.87. The Morgan fingerprint density at radius 2 is 1.80 bits per heavy atom. The highest BCUT2D eigenvalue weighted by atomic mass is 35.5. The molecule has 104 valence electrons. The molecule has 0 unspecified atom stereocenters. The zero-order valence-electron chi connectivity index (χ0n) is 11.1. The maximum atomic E-state index is 12.0. The Labute approximate surface area is 128 Å². The van der Waals surface area contributed by atoms with Gasteiger partial charge in [0.25, 0.3) is 5.91 Å². The zero-order valence-corrected chi connectivity index (χ0v) is 12.6. The first kappa shape index (κ1) is 14.9. The number of nitrogens with one attached hydrogen (secondary N) is 1. The first-order valence-electron chi connectivity index (χ1n) is 6.35. The van der Waals surface area contributed by atoms with Gasteiger partial charge in [0, 0.05) is 11.6 Å². The highest BCUT2D eigenvalue weighted by Gasteiger charge is 2.09. The molecule has 2 aromatic rings. The fourth-order valence-corrected chi connectivity index (χ4v) is 2.32. The molecule has 4 heteroatoms. The summed E-state index contributed by atoms with van der Waals surface area (Å²) in [5.41, 5.74) is 2.67. The third-order valence-electron chi connectivity index (χ3n) is 2.98. The Hall–Kier alpha value is -1.51. The van der Waals surface area contributed by atoms with Crippen LogP contribution in [0.15, 0.2) is 42.5 Å². The molecule has 0 heterocycles. The number of hydrogen-bond donors (Lipinski definition) is 1. The van der Waals surface area contributed by atoms with Gasteiger partial charge in [0.15, 0.2) is 0 Å². The lowest BCUT2D eigenvalue weighted by Crippen LogP contribution is -2.25. The Kier molecular flexibility index (Phi) is 5.05. The SMILES string of the molecule is Cc1ccc(C(=O)NCCc2ccc(Cl)cc2)c(Cl)c1. The minimum atomic E-state index is -0.149. The van der Waals surface area contributed by atoms with Crippen molar-refractivity contribution in [2.75, 3.05) is 6.54 Å². The van der Waals surface area contributed by atoms with Gasteiger partial charge in [-0.1, -0.05) is 41.4 Å². The van der Waals surface area contributed by atoms with Crippen LogP contribution in [0, 0.1) is 6.92 Å². The van der Waals surface area contributed by atoms with Crippen molar-refractivity contribution < 1.29 is 4.79 Å². The molecule has 0 aromatic heterocycles. The van der Waals surface area contributed by atoms with Crippen LogP contribution in [0.4, 0.5) is 0 Å². The van der Waals surface area contributed by atoms with Crippen LogP contribution in [0.5, 0.6) is 0 Å². The molecule has 0 fully saturated rings. The molecule has 20 heavy (non-hydrogen) atoms. The molecule has 0 atom stereocenters. The molecule has 1 N–H and O–H groups in total. The van der Waals surface area contributed by atoms with Crippen molar-refractivity contribution in [3.8, 4) is 0 Å². The summed E-state index contributed by atoms with van der Waals surface area (Å²) in [6.45, 7) is 2.50. The van der Waals surface area contributed by atoms with Gasteiger partial charge in [0.1, 0.15) is 0 Å². The molecule has 0 radical (unpaired) electrons. The van der Waals surface area contributed by atoms with Crippen LogP contribution >= 0.6 is 23.2 Å². The summed E-state index contributed by atoms with van der Waals surface area (Å²) in [5.74, 6) is -0.149. The highest BCUT2D eigenvalue weighted by Crippen LogP contribution is 2.17. The first-order chi connectivity index (χ1) is 9.56. The lowest BCUT2D eigenvalue weighted by molar-refractivity contribution is 0.0954. The van der Waals surface area contributed by atoms with Crippen LogP contribution in [-0.2, 0) is 6.42 Å². The average Bonchev–Trinajstić information content (AvgIpc) is 2.41. The second-order valence-corrected chi connectivity index (χ2v) is 5.46. The zero-order chi connectivity index (χ0) is 14.5. The molecule has 0 saturated carbocycles. The minimum Gasteiger partial charge on any atom is -0.352 e. The Morgan fingerprint density at radius 1 is 1.10 bits per heavy atom. The minimum absolute atomic E-state index is 0.149. The summed E-state index contributed by atoms with van der Waals surface area (Å²) in [6.07, 6.45) is 0.756. The molecule has 2 aromatic carbocycles. The summed E-state index contributed by atoms with van der Waals surface area (Å²) >= 11 is 11.9. The quantitative estimate of drug-likeness (QED) is 0.897. The maximum Gasteiger partial charge on any atom is 0.252 e. The molecular formula is C16H15Cl2NO. The van der Waals surface area contributed by atoms with Crippen LogP contribution in [0.3, 0.4) is 0 Å². The van der Waals surface area contributed by atoms with Crippen molar-refractivity contribution in [3.63, 3.8) is 0 Å². The molecule has 0 aliphatic heterocycles. The normalized spacial score (nSPS) is 10.3. The lowest BCUT2D eigenvalue weighted by atomic mass is 10.1. The topological polar surface area (TPSA) is 29.1 Å². The van der Waals surface area contributed by atoms with E-state index in [1.54, 1.807) is 12.1 Å². The molecule has 2 rings (SSSR count). The van der Waals surface area contributed by atoms with Crippen LogP contribution in [-0.4, -0.2) is 12.5 Å². The summed E-state index contributed by atoms with van der Waals surface area (Å²) in [4.78, 5) is 12.0. The molecular weight excluding hydrogens is 293 g/mol. The second-order valence-electron chi connectivity index (χ2n) is 4.62. The van der Waals surface area contributed by atoms with Gasteiger partial charge in [-0.05, 0) is 48.7 Å². The third-order valence-corrected chi connectivity index (χ3v) is 3.55. The van der Waals surface area contributed by atoms with E-state index in [1.807, 2.05) is 37.3 Å². The average molecular weight is 308 g/mol. The molecule has 0 spiro atoms. The van der Waals surface area contributed by atoms with Crippen LogP contribution in [0.1, 0.15) is 21.5 Å². The van der Waals surface area contributed by atoms with E-state index >= 15 is 0 Å². The largest absolute Gasteiger partial charge is 0.352 e. The Morgan fingerprint density at radius 3 is 2.45 bits per heavy atom. The lowest BCUT2D eigenvalue weighted by Gasteiger charge is -2.07. The van der Waals surface area contributed by atoms with E-state index in [0.717, 1.165) is 17.5 Å². The number of hydrogen-bond acceptors (Lipinski definition) is 1. The van der Waals surface area contributed by atoms with Gasteiger partial charge in [-0.3, -0.25) is 4.79 Å². The molecule has 2 nitrogen and oxygen atoms in total. The predicted octanol–water partition coefficient (Wildman–Crippen LogP) is 4.27.